The number of fused-ring (bicyclic) bond motifs is 1. The molecule has 1 aromatic heterocycles. The number of rotatable bonds is 5. The second-order valence-corrected chi connectivity index (χ2v) is 8.70. The van der Waals surface area contributed by atoms with Crippen LogP contribution in [-0.2, 0) is 21.4 Å². The first-order chi connectivity index (χ1) is 15.1. The highest BCUT2D eigenvalue weighted by Gasteiger charge is 2.52. The minimum absolute atomic E-state index is 0.00718. The van der Waals surface area contributed by atoms with Gasteiger partial charge in [0.25, 0.3) is 0 Å². The van der Waals surface area contributed by atoms with E-state index in [4.69, 9.17) is 4.98 Å². The topological polar surface area (TPSA) is 65.5 Å². The maximum Gasteiger partial charge on any atom is 0.586 e. The predicted molar refractivity (Wildman–Crippen MR) is 113 cm³/mol. The first-order valence-electron chi connectivity index (χ1n) is 10.5. The molecule has 32 heavy (non-hydrogen) atoms. The van der Waals surface area contributed by atoms with Crippen LogP contribution in [0.1, 0.15) is 48.7 Å². The number of benzene rings is 1. The zero-order valence-electron chi connectivity index (χ0n) is 17.7. The van der Waals surface area contributed by atoms with Crippen LogP contribution in [-0.4, -0.2) is 22.8 Å². The van der Waals surface area contributed by atoms with E-state index >= 15 is 0 Å². The zero-order chi connectivity index (χ0) is 22.7. The Labute approximate surface area is 183 Å². The van der Waals surface area contributed by atoms with Crippen molar-refractivity contribution in [1.29, 1.82) is 0 Å². The van der Waals surface area contributed by atoms with Crippen molar-refractivity contribution < 1.29 is 27.8 Å². The smallest absolute Gasteiger partial charge is 0.395 e. The van der Waals surface area contributed by atoms with Crippen LogP contribution in [0.5, 0.6) is 11.5 Å². The average molecular weight is 437 g/mol. The third-order valence-electron chi connectivity index (χ3n) is 6.21. The summed E-state index contributed by atoms with van der Waals surface area (Å²) in [6, 6.07) is 8.38. The summed E-state index contributed by atoms with van der Waals surface area (Å²) in [4.78, 5) is 29.6. The summed E-state index contributed by atoms with van der Waals surface area (Å²) >= 11 is 0. The van der Waals surface area contributed by atoms with E-state index < -0.39 is 11.7 Å². The quantitative estimate of drug-likeness (QED) is 0.669. The molecule has 1 aliphatic heterocycles. The molecule has 1 aromatic carbocycles. The lowest BCUT2D eigenvalue weighted by molar-refractivity contribution is -0.286. The number of allylic oxidation sites excluding steroid dienone is 4. The van der Waals surface area contributed by atoms with Gasteiger partial charge in [-0.15, -0.1) is 8.78 Å². The molecule has 7 heteroatoms. The van der Waals surface area contributed by atoms with Crippen LogP contribution in [0.15, 0.2) is 48.1 Å². The second-order valence-electron chi connectivity index (χ2n) is 8.70. The largest absolute Gasteiger partial charge is 0.586 e. The number of halogens is 2. The highest BCUT2D eigenvalue weighted by molar-refractivity contribution is 5.99. The number of Topliss-reactive ketones (excluding diaryl/α,β-unsaturated/α-hetero) is 1. The Morgan fingerprint density at radius 2 is 1.81 bits per heavy atom. The average Bonchev–Trinajstić information content (AvgIpc) is 3.44. The molecule has 2 aliphatic carbocycles. The maximum absolute atomic E-state index is 13.4. The van der Waals surface area contributed by atoms with Crippen molar-refractivity contribution >= 4 is 17.1 Å². The number of carbonyl (C=O) groups excluding carboxylic acids is 2. The molecule has 5 nitrogen and oxygen atoms in total. The molecule has 0 saturated heterocycles. The number of pyridine rings is 1. The summed E-state index contributed by atoms with van der Waals surface area (Å²) in [7, 11) is 0. The number of ether oxygens (including phenoxy) is 2. The van der Waals surface area contributed by atoms with E-state index in [-0.39, 0.29) is 29.5 Å². The summed E-state index contributed by atoms with van der Waals surface area (Å²) < 4.78 is 35.7. The van der Waals surface area contributed by atoms with Crippen molar-refractivity contribution in [3.8, 4) is 11.5 Å². The number of hydrogen-bond acceptors (Lipinski definition) is 5. The van der Waals surface area contributed by atoms with E-state index in [9.17, 15) is 18.4 Å². The van der Waals surface area contributed by atoms with Crippen LogP contribution in [0.3, 0.4) is 0 Å². The van der Waals surface area contributed by atoms with Gasteiger partial charge in [0.05, 0.1) is 11.1 Å². The predicted octanol–water partition coefficient (Wildman–Crippen LogP) is 4.86. The zero-order valence-corrected chi connectivity index (χ0v) is 17.7. The summed E-state index contributed by atoms with van der Waals surface area (Å²) in [6.07, 6.45) is 1.44. The molecule has 0 bridgehead atoms. The molecular formula is C25H21F2NO4. The molecule has 1 saturated carbocycles. The van der Waals surface area contributed by atoms with Crippen LogP contribution in [0.25, 0.3) is 5.57 Å². The number of hydrogen-bond donors (Lipinski definition) is 0. The number of carbonyl (C=O) groups is 2. The summed E-state index contributed by atoms with van der Waals surface area (Å²) in [6.45, 7) is 3.85. The van der Waals surface area contributed by atoms with Gasteiger partial charge in [-0.25, -0.2) is 0 Å². The molecule has 0 atom stereocenters. The Morgan fingerprint density at radius 1 is 1.06 bits per heavy atom. The molecule has 5 rings (SSSR count). The Balaban J connectivity index is 1.40. The summed E-state index contributed by atoms with van der Waals surface area (Å²) in [5, 5.41) is 0. The SMILES string of the molecule is CC1=C(c2cc(C)cc(CC(=O)C3(c4ccc5c(c4)OC(F)(F)O5)CC3)n2)C=CC(=O)C1. The monoisotopic (exact) mass is 437 g/mol. The number of ketones is 2. The van der Waals surface area contributed by atoms with Gasteiger partial charge in [0.15, 0.2) is 17.3 Å². The van der Waals surface area contributed by atoms with E-state index in [1.54, 1.807) is 18.2 Å². The Morgan fingerprint density at radius 3 is 2.53 bits per heavy atom. The fraction of sp³-hybridized carbons (Fsp3) is 0.320. The van der Waals surface area contributed by atoms with E-state index in [1.807, 2.05) is 26.0 Å². The van der Waals surface area contributed by atoms with Gasteiger partial charge in [0.1, 0.15) is 5.78 Å². The third-order valence-corrected chi connectivity index (χ3v) is 6.21. The lowest BCUT2D eigenvalue weighted by Crippen LogP contribution is -2.26. The molecule has 2 heterocycles. The second kappa shape index (κ2) is 7.08. The van der Waals surface area contributed by atoms with Crippen molar-refractivity contribution in [2.24, 2.45) is 0 Å². The molecule has 0 spiro atoms. The molecule has 2 aromatic rings. The number of aryl methyl sites for hydroxylation is 1. The van der Waals surface area contributed by atoms with Gasteiger partial charge in [-0.2, -0.15) is 0 Å². The van der Waals surface area contributed by atoms with E-state index in [0.29, 0.717) is 30.5 Å². The van der Waals surface area contributed by atoms with Crippen LogP contribution in [0.4, 0.5) is 8.78 Å². The molecule has 0 unspecified atom stereocenters. The minimum Gasteiger partial charge on any atom is -0.395 e. The fourth-order valence-corrected chi connectivity index (χ4v) is 4.44. The van der Waals surface area contributed by atoms with Crippen LogP contribution >= 0.6 is 0 Å². The molecule has 0 radical (unpaired) electrons. The Kier molecular flexibility index (Phi) is 4.55. The van der Waals surface area contributed by atoms with Gasteiger partial charge in [-0.1, -0.05) is 11.6 Å². The first kappa shape index (κ1) is 20.5. The lowest BCUT2D eigenvalue weighted by atomic mass is 9.88. The van der Waals surface area contributed by atoms with Gasteiger partial charge >= 0.3 is 6.29 Å². The van der Waals surface area contributed by atoms with Gasteiger partial charge < -0.3 is 9.47 Å². The van der Waals surface area contributed by atoms with Crippen LogP contribution in [0.2, 0.25) is 0 Å². The van der Waals surface area contributed by atoms with Gasteiger partial charge in [-0.05, 0) is 79.8 Å². The van der Waals surface area contributed by atoms with Gasteiger partial charge in [0, 0.05) is 18.5 Å². The van der Waals surface area contributed by atoms with Gasteiger partial charge in [0.2, 0.25) is 0 Å². The molecule has 0 N–H and O–H groups in total. The highest BCUT2D eigenvalue weighted by Crippen LogP contribution is 2.52. The van der Waals surface area contributed by atoms with E-state index in [1.165, 1.54) is 12.1 Å². The third kappa shape index (κ3) is 3.61. The van der Waals surface area contributed by atoms with Gasteiger partial charge in [-0.3, -0.25) is 14.6 Å². The minimum atomic E-state index is -3.69. The van der Waals surface area contributed by atoms with Crippen molar-refractivity contribution in [3.63, 3.8) is 0 Å². The molecule has 3 aliphatic rings. The van der Waals surface area contributed by atoms with Crippen LogP contribution in [0, 0.1) is 6.92 Å². The number of aromatic nitrogens is 1. The van der Waals surface area contributed by atoms with E-state index in [2.05, 4.69) is 9.47 Å². The summed E-state index contributed by atoms with van der Waals surface area (Å²) in [5.74, 6) is -0.0306. The number of nitrogens with zero attached hydrogens (tertiary/aromatic N) is 1. The van der Waals surface area contributed by atoms with Crippen LogP contribution < -0.4 is 9.47 Å². The Hall–Kier alpha value is -3.35. The lowest BCUT2D eigenvalue weighted by Gasteiger charge is -2.16. The van der Waals surface area contributed by atoms with Crippen molar-refractivity contribution in [2.45, 2.75) is 51.2 Å². The molecule has 164 valence electrons. The van der Waals surface area contributed by atoms with E-state index in [0.717, 1.165) is 22.4 Å². The van der Waals surface area contributed by atoms with Crippen molar-refractivity contribution in [2.75, 3.05) is 0 Å². The fourth-order valence-electron chi connectivity index (χ4n) is 4.44. The Bertz CT molecular complexity index is 1220. The molecule has 0 amide bonds. The highest BCUT2D eigenvalue weighted by atomic mass is 19.3. The van der Waals surface area contributed by atoms with Crippen molar-refractivity contribution in [1.82, 2.24) is 4.98 Å². The molecular weight excluding hydrogens is 416 g/mol. The normalized spacial score (nSPS) is 19.9. The van der Waals surface area contributed by atoms with Crippen molar-refractivity contribution in [3.05, 3.63) is 70.6 Å². The number of alkyl halides is 2. The summed E-state index contributed by atoms with van der Waals surface area (Å²) in [5.41, 5.74) is 4.15. The first-order valence-corrected chi connectivity index (χ1v) is 10.5. The molecule has 1 fully saturated rings. The maximum atomic E-state index is 13.4. The standard InChI is InChI=1S/C25H21F2NO4/c1-14-9-17(28-20(10-14)19-5-4-18(29)11-15(19)2)13-23(30)24(7-8-24)16-3-6-21-22(12-16)32-25(26,27)31-21/h3-6,9-10,12H,7-8,11,13H2,1-2H3.